The second-order valence-electron chi connectivity index (χ2n) is 3.62. The van der Waals surface area contributed by atoms with Gasteiger partial charge in [-0.15, -0.1) is 0 Å². The van der Waals surface area contributed by atoms with E-state index in [0.29, 0.717) is 10.0 Å². The van der Waals surface area contributed by atoms with Gasteiger partial charge in [0, 0.05) is 10.0 Å². The van der Waals surface area contributed by atoms with E-state index in [1.165, 1.54) is 0 Å². The molecule has 0 aromatic heterocycles. The normalized spacial score (nSPS) is 17.9. The minimum atomic E-state index is -0.304. The fraction of sp³-hybridized carbons (Fsp3) is 0.300. The number of amidine groups is 1. The van der Waals surface area contributed by atoms with Crippen molar-refractivity contribution in [2.24, 2.45) is 5.73 Å². The summed E-state index contributed by atoms with van der Waals surface area (Å²) in [6.45, 7) is 0. The maximum atomic E-state index is 7.53. The van der Waals surface area contributed by atoms with E-state index in [1.54, 1.807) is 12.1 Å². The predicted molar refractivity (Wildman–Crippen MR) is 59.3 cm³/mol. The molecule has 1 aliphatic rings. The van der Waals surface area contributed by atoms with Crippen LogP contribution in [0.4, 0.5) is 0 Å². The Morgan fingerprint density at radius 3 is 2.43 bits per heavy atom. The van der Waals surface area contributed by atoms with Crippen LogP contribution in [0.2, 0.25) is 10.0 Å². The van der Waals surface area contributed by atoms with Crippen LogP contribution in [0.1, 0.15) is 18.4 Å². The number of hydrogen-bond donors (Lipinski definition) is 2. The quantitative estimate of drug-likeness (QED) is 0.594. The highest BCUT2D eigenvalue weighted by atomic mass is 35.5. The minimum absolute atomic E-state index is 0.196. The molecule has 74 valence electrons. The Kier molecular flexibility index (Phi) is 2.20. The fourth-order valence-corrected chi connectivity index (χ4v) is 2.28. The van der Waals surface area contributed by atoms with Gasteiger partial charge >= 0.3 is 0 Å². The van der Waals surface area contributed by atoms with Crippen LogP contribution in [-0.4, -0.2) is 5.84 Å². The van der Waals surface area contributed by atoms with Crippen molar-refractivity contribution in [2.75, 3.05) is 0 Å². The number of halogens is 2. The summed E-state index contributed by atoms with van der Waals surface area (Å²) in [6.07, 6.45) is 1.81. The van der Waals surface area contributed by atoms with Crippen LogP contribution < -0.4 is 5.73 Å². The molecule has 0 saturated heterocycles. The van der Waals surface area contributed by atoms with E-state index in [1.807, 2.05) is 6.07 Å². The summed E-state index contributed by atoms with van der Waals surface area (Å²) in [5.41, 5.74) is 6.19. The van der Waals surface area contributed by atoms with Crippen LogP contribution >= 0.6 is 23.2 Å². The molecular weight excluding hydrogens is 219 g/mol. The highest BCUT2D eigenvalue weighted by Gasteiger charge is 2.48. The van der Waals surface area contributed by atoms with Gasteiger partial charge in [-0.3, -0.25) is 5.41 Å². The monoisotopic (exact) mass is 228 g/mol. The fourth-order valence-electron chi connectivity index (χ4n) is 1.69. The number of nitrogens with one attached hydrogen (secondary N) is 1. The lowest BCUT2D eigenvalue weighted by molar-refractivity contribution is 0.923. The minimum Gasteiger partial charge on any atom is -0.387 e. The molecule has 0 amide bonds. The molecule has 0 radical (unpaired) electrons. The summed E-state index contributed by atoms with van der Waals surface area (Å²) in [4.78, 5) is 0. The summed E-state index contributed by atoms with van der Waals surface area (Å²) in [5, 5.41) is 8.74. The SMILES string of the molecule is N=C(N)C1(c2ccc(Cl)cc2Cl)CC1. The van der Waals surface area contributed by atoms with Gasteiger partial charge in [-0.1, -0.05) is 29.3 Å². The lowest BCUT2D eigenvalue weighted by Crippen LogP contribution is -2.27. The predicted octanol–water partition coefficient (Wildman–Crippen LogP) is 2.96. The maximum Gasteiger partial charge on any atom is 0.101 e. The summed E-state index contributed by atoms with van der Waals surface area (Å²) < 4.78 is 0. The van der Waals surface area contributed by atoms with Crippen LogP contribution in [0.3, 0.4) is 0 Å². The van der Waals surface area contributed by atoms with Gasteiger partial charge in [0.15, 0.2) is 0 Å². The zero-order valence-corrected chi connectivity index (χ0v) is 8.99. The molecule has 1 aromatic carbocycles. The smallest absolute Gasteiger partial charge is 0.101 e. The summed E-state index contributed by atoms with van der Waals surface area (Å²) in [7, 11) is 0. The maximum absolute atomic E-state index is 7.53. The molecule has 3 N–H and O–H groups in total. The number of rotatable bonds is 2. The second kappa shape index (κ2) is 3.14. The molecule has 2 nitrogen and oxygen atoms in total. The molecule has 0 unspecified atom stereocenters. The highest BCUT2D eigenvalue weighted by Crippen LogP contribution is 2.50. The largest absolute Gasteiger partial charge is 0.387 e. The molecule has 0 heterocycles. The first-order valence-electron chi connectivity index (χ1n) is 4.36. The van der Waals surface area contributed by atoms with Crippen LogP contribution in [-0.2, 0) is 5.41 Å². The molecule has 14 heavy (non-hydrogen) atoms. The van der Waals surface area contributed by atoms with Gasteiger partial charge < -0.3 is 5.73 Å². The molecular formula is C10H10Cl2N2. The van der Waals surface area contributed by atoms with Crippen molar-refractivity contribution in [1.29, 1.82) is 5.41 Å². The third kappa shape index (κ3) is 1.39. The Morgan fingerprint density at radius 1 is 1.36 bits per heavy atom. The van der Waals surface area contributed by atoms with Gasteiger partial charge in [-0.25, -0.2) is 0 Å². The Hall–Kier alpha value is -0.730. The molecule has 0 spiro atoms. The van der Waals surface area contributed by atoms with Crippen molar-refractivity contribution in [3.8, 4) is 0 Å². The van der Waals surface area contributed by atoms with Gasteiger partial charge in [0.25, 0.3) is 0 Å². The van der Waals surface area contributed by atoms with Crippen molar-refractivity contribution in [3.63, 3.8) is 0 Å². The van der Waals surface area contributed by atoms with E-state index >= 15 is 0 Å². The molecule has 0 aliphatic heterocycles. The first-order chi connectivity index (χ1) is 6.56. The van der Waals surface area contributed by atoms with Gasteiger partial charge in [0.05, 0.1) is 5.41 Å². The van der Waals surface area contributed by atoms with Crippen LogP contribution in [0, 0.1) is 5.41 Å². The van der Waals surface area contributed by atoms with E-state index in [0.717, 1.165) is 18.4 Å². The van der Waals surface area contributed by atoms with E-state index < -0.39 is 0 Å². The van der Waals surface area contributed by atoms with E-state index in [4.69, 9.17) is 34.3 Å². The molecule has 1 aliphatic carbocycles. The van der Waals surface area contributed by atoms with Crippen molar-refractivity contribution in [1.82, 2.24) is 0 Å². The van der Waals surface area contributed by atoms with E-state index in [2.05, 4.69) is 0 Å². The zero-order chi connectivity index (χ0) is 10.3. The molecule has 4 heteroatoms. The van der Waals surface area contributed by atoms with Crippen molar-refractivity contribution in [3.05, 3.63) is 33.8 Å². The standard InChI is InChI=1S/C10H10Cl2N2/c11-6-1-2-7(8(12)5-6)10(3-4-10)9(13)14/h1-2,5H,3-4H2,(H3,13,14). The lowest BCUT2D eigenvalue weighted by atomic mass is 9.95. The van der Waals surface area contributed by atoms with Crippen LogP contribution in [0.25, 0.3) is 0 Å². The topological polar surface area (TPSA) is 49.9 Å². The summed E-state index contributed by atoms with van der Waals surface area (Å²) in [5.74, 6) is 0.196. The van der Waals surface area contributed by atoms with E-state index in [-0.39, 0.29) is 11.3 Å². The Bertz CT molecular complexity index is 397. The summed E-state index contributed by atoms with van der Waals surface area (Å²) in [6, 6.07) is 5.34. The van der Waals surface area contributed by atoms with Gasteiger partial charge in [-0.2, -0.15) is 0 Å². The van der Waals surface area contributed by atoms with Crippen molar-refractivity contribution >= 4 is 29.0 Å². The molecule has 1 saturated carbocycles. The zero-order valence-electron chi connectivity index (χ0n) is 7.48. The molecule has 1 fully saturated rings. The number of benzene rings is 1. The Morgan fingerprint density at radius 2 is 2.00 bits per heavy atom. The van der Waals surface area contributed by atoms with Gasteiger partial charge in [0.1, 0.15) is 5.84 Å². The van der Waals surface area contributed by atoms with Crippen molar-refractivity contribution < 1.29 is 0 Å². The third-order valence-electron chi connectivity index (χ3n) is 2.71. The van der Waals surface area contributed by atoms with E-state index in [9.17, 15) is 0 Å². The average molecular weight is 229 g/mol. The average Bonchev–Trinajstić information content (AvgIpc) is 2.84. The molecule has 1 aromatic rings. The Labute approximate surface area is 92.5 Å². The summed E-state index contributed by atoms with van der Waals surface area (Å²) >= 11 is 11.9. The Balaban J connectivity index is 2.47. The molecule has 2 rings (SSSR count). The van der Waals surface area contributed by atoms with Crippen LogP contribution in [0.15, 0.2) is 18.2 Å². The van der Waals surface area contributed by atoms with Crippen molar-refractivity contribution in [2.45, 2.75) is 18.3 Å². The van der Waals surface area contributed by atoms with Gasteiger partial charge in [0.2, 0.25) is 0 Å². The first-order valence-corrected chi connectivity index (χ1v) is 5.12. The molecule has 0 atom stereocenters. The highest BCUT2D eigenvalue weighted by molar-refractivity contribution is 6.35. The number of hydrogen-bond acceptors (Lipinski definition) is 1. The third-order valence-corrected chi connectivity index (χ3v) is 3.26. The first kappa shape index (κ1) is 9.81. The molecule has 0 bridgehead atoms. The lowest BCUT2D eigenvalue weighted by Gasteiger charge is -2.15. The number of nitrogens with two attached hydrogens (primary N) is 1. The van der Waals surface area contributed by atoms with Gasteiger partial charge in [-0.05, 0) is 30.5 Å². The van der Waals surface area contributed by atoms with Crippen LogP contribution in [0.5, 0.6) is 0 Å². The second-order valence-corrected chi connectivity index (χ2v) is 4.46.